The first kappa shape index (κ1) is 14.9. The van der Waals surface area contributed by atoms with Crippen molar-refractivity contribution in [1.82, 2.24) is 0 Å². The molecule has 0 aliphatic rings. The second-order valence-electron chi connectivity index (χ2n) is 4.30. The fourth-order valence-electron chi connectivity index (χ4n) is 1.85. The van der Waals surface area contributed by atoms with Gasteiger partial charge in [-0.1, -0.05) is 18.2 Å². The number of rotatable bonds is 5. The van der Waals surface area contributed by atoms with Crippen LogP contribution < -0.4 is 10.5 Å². The zero-order chi connectivity index (χ0) is 14.5. The van der Waals surface area contributed by atoms with Gasteiger partial charge in [-0.2, -0.15) is 0 Å². The van der Waals surface area contributed by atoms with E-state index in [1.165, 1.54) is 12.1 Å². The minimum atomic E-state index is -0.419. The fraction of sp³-hybridized carbons (Fsp3) is 0.200. The first-order valence-corrected chi connectivity index (χ1v) is 6.95. The van der Waals surface area contributed by atoms with Gasteiger partial charge in [-0.05, 0) is 58.2 Å². The molecule has 0 heterocycles. The van der Waals surface area contributed by atoms with Crippen molar-refractivity contribution in [3.05, 3.63) is 63.6 Å². The highest BCUT2D eigenvalue weighted by molar-refractivity contribution is 9.10. The normalized spacial score (nSPS) is 10.6. The molecule has 20 heavy (non-hydrogen) atoms. The summed E-state index contributed by atoms with van der Waals surface area (Å²) in [5.74, 6) is -0.556. The van der Waals surface area contributed by atoms with Gasteiger partial charge in [0.25, 0.3) is 0 Å². The van der Waals surface area contributed by atoms with E-state index in [2.05, 4.69) is 15.9 Å². The Labute approximate surface area is 124 Å². The van der Waals surface area contributed by atoms with Crippen molar-refractivity contribution in [2.75, 3.05) is 6.54 Å². The maximum absolute atomic E-state index is 13.8. The van der Waals surface area contributed by atoms with Crippen molar-refractivity contribution in [2.45, 2.75) is 13.0 Å². The summed E-state index contributed by atoms with van der Waals surface area (Å²) in [5.41, 5.74) is 6.98. The van der Waals surface area contributed by atoms with Gasteiger partial charge in [-0.15, -0.1) is 0 Å². The second kappa shape index (κ2) is 6.81. The lowest BCUT2D eigenvalue weighted by Crippen LogP contribution is -2.07. The molecule has 5 heteroatoms. The molecule has 0 spiro atoms. The molecule has 0 aromatic heterocycles. The first-order valence-electron chi connectivity index (χ1n) is 6.16. The summed E-state index contributed by atoms with van der Waals surface area (Å²) in [6, 6.07) is 9.30. The highest BCUT2D eigenvalue weighted by Crippen LogP contribution is 2.25. The standard InChI is InChI=1S/C15H14BrF2NO/c16-12-8-10(4-5-13(12)17)9-20-15-11(6-7-19)2-1-3-14(15)18/h1-5,8H,6-7,9,19H2. The maximum Gasteiger partial charge on any atom is 0.165 e. The third kappa shape index (κ3) is 3.55. The monoisotopic (exact) mass is 341 g/mol. The first-order chi connectivity index (χ1) is 9.61. The van der Waals surface area contributed by atoms with Crippen LogP contribution in [0.3, 0.4) is 0 Å². The lowest BCUT2D eigenvalue weighted by Gasteiger charge is -2.12. The van der Waals surface area contributed by atoms with Crippen LogP contribution in [0.25, 0.3) is 0 Å². The molecule has 106 valence electrons. The number of benzene rings is 2. The Morgan fingerprint density at radius 3 is 2.60 bits per heavy atom. The largest absolute Gasteiger partial charge is 0.486 e. The van der Waals surface area contributed by atoms with E-state index in [9.17, 15) is 8.78 Å². The maximum atomic E-state index is 13.8. The van der Waals surface area contributed by atoms with Gasteiger partial charge in [0.1, 0.15) is 12.4 Å². The Morgan fingerprint density at radius 1 is 1.10 bits per heavy atom. The summed E-state index contributed by atoms with van der Waals surface area (Å²) in [5, 5.41) is 0. The second-order valence-corrected chi connectivity index (χ2v) is 5.16. The third-order valence-electron chi connectivity index (χ3n) is 2.83. The smallest absolute Gasteiger partial charge is 0.165 e. The molecule has 0 aliphatic carbocycles. The van der Waals surface area contributed by atoms with Gasteiger partial charge in [-0.25, -0.2) is 8.78 Å². The fourth-order valence-corrected chi connectivity index (χ4v) is 2.28. The van der Waals surface area contributed by atoms with E-state index < -0.39 is 5.82 Å². The van der Waals surface area contributed by atoms with E-state index in [0.717, 1.165) is 11.1 Å². The summed E-state index contributed by atoms with van der Waals surface area (Å²) in [6.45, 7) is 0.583. The lowest BCUT2D eigenvalue weighted by molar-refractivity contribution is 0.286. The average Bonchev–Trinajstić information content (AvgIpc) is 2.42. The van der Waals surface area contributed by atoms with Crippen molar-refractivity contribution in [3.8, 4) is 5.75 Å². The highest BCUT2D eigenvalue weighted by atomic mass is 79.9. The van der Waals surface area contributed by atoms with Gasteiger partial charge in [0, 0.05) is 0 Å². The van der Waals surface area contributed by atoms with Crippen LogP contribution >= 0.6 is 15.9 Å². The van der Waals surface area contributed by atoms with Crippen molar-refractivity contribution >= 4 is 15.9 Å². The van der Waals surface area contributed by atoms with E-state index in [-0.39, 0.29) is 18.2 Å². The molecule has 2 rings (SSSR count). The van der Waals surface area contributed by atoms with Crippen LogP contribution in [0.2, 0.25) is 0 Å². The van der Waals surface area contributed by atoms with Crippen LogP contribution in [0.1, 0.15) is 11.1 Å². The molecule has 0 saturated carbocycles. The van der Waals surface area contributed by atoms with Crippen LogP contribution in [-0.4, -0.2) is 6.54 Å². The van der Waals surface area contributed by atoms with E-state index in [4.69, 9.17) is 10.5 Å². The lowest BCUT2D eigenvalue weighted by atomic mass is 10.1. The van der Waals surface area contributed by atoms with Crippen molar-refractivity contribution < 1.29 is 13.5 Å². The third-order valence-corrected chi connectivity index (χ3v) is 3.44. The number of halogens is 3. The minimum absolute atomic E-state index is 0.164. The molecule has 2 aromatic carbocycles. The Kier molecular flexibility index (Phi) is 5.09. The summed E-state index contributed by atoms with van der Waals surface area (Å²) >= 11 is 3.10. The molecule has 0 saturated heterocycles. The predicted molar refractivity (Wildman–Crippen MR) is 77.6 cm³/mol. The average molecular weight is 342 g/mol. The summed E-state index contributed by atoms with van der Waals surface area (Å²) in [6.07, 6.45) is 0.542. The molecule has 0 aliphatic heterocycles. The Hall–Kier alpha value is -1.46. The van der Waals surface area contributed by atoms with Gasteiger partial charge in [0.2, 0.25) is 0 Å². The molecule has 0 atom stereocenters. The molecular formula is C15H14BrF2NO. The van der Waals surface area contributed by atoms with E-state index in [0.29, 0.717) is 17.4 Å². The van der Waals surface area contributed by atoms with Crippen LogP contribution in [0.5, 0.6) is 5.75 Å². The Balaban J connectivity index is 2.15. The molecule has 0 amide bonds. The van der Waals surface area contributed by atoms with E-state index >= 15 is 0 Å². The quantitative estimate of drug-likeness (QED) is 0.897. The molecule has 0 unspecified atom stereocenters. The number of para-hydroxylation sites is 1. The van der Waals surface area contributed by atoms with Gasteiger partial charge in [0.05, 0.1) is 4.47 Å². The van der Waals surface area contributed by atoms with Crippen LogP contribution in [-0.2, 0) is 13.0 Å². The summed E-state index contributed by atoms with van der Waals surface area (Å²) in [7, 11) is 0. The molecule has 0 fully saturated rings. The SMILES string of the molecule is NCCc1cccc(F)c1OCc1ccc(F)c(Br)c1. The minimum Gasteiger partial charge on any atom is -0.486 e. The molecule has 2 nitrogen and oxygen atoms in total. The van der Waals surface area contributed by atoms with Crippen molar-refractivity contribution in [2.24, 2.45) is 5.73 Å². The summed E-state index contributed by atoms with van der Waals surface area (Å²) < 4.78 is 32.8. The van der Waals surface area contributed by atoms with E-state index in [1.807, 2.05) is 0 Å². The zero-order valence-electron chi connectivity index (χ0n) is 10.7. The molecule has 2 N–H and O–H groups in total. The van der Waals surface area contributed by atoms with Gasteiger partial charge in [0.15, 0.2) is 11.6 Å². The summed E-state index contributed by atoms with van der Waals surface area (Å²) in [4.78, 5) is 0. The highest BCUT2D eigenvalue weighted by Gasteiger charge is 2.10. The molecule has 0 radical (unpaired) electrons. The van der Waals surface area contributed by atoms with Gasteiger partial charge >= 0.3 is 0 Å². The topological polar surface area (TPSA) is 35.2 Å². The van der Waals surface area contributed by atoms with Crippen molar-refractivity contribution in [1.29, 1.82) is 0 Å². The molecular weight excluding hydrogens is 328 g/mol. The Morgan fingerprint density at radius 2 is 1.90 bits per heavy atom. The number of ether oxygens (including phenoxy) is 1. The van der Waals surface area contributed by atoms with Crippen LogP contribution in [0, 0.1) is 11.6 Å². The van der Waals surface area contributed by atoms with Crippen LogP contribution in [0.4, 0.5) is 8.78 Å². The Bertz CT molecular complexity index is 604. The van der Waals surface area contributed by atoms with Crippen LogP contribution in [0.15, 0.2) is 40.9 Å². The zero-order valence-corrected chi connectivity index (χ0v) is 12.3. The number of hydrogen-bond acceptors (Lipinski definition) is 2. The number of nitrogens with two attached hydrogens (primary N) is 1. The molecule has 2 aromatic rings. The van der Waals surface area contributed by atoms with Gasteiger partial charge in [-0.3, -0.25) is 0 Å². The van der Waals surface area contributed by atoms with Gasteiger partial charge < -0.3 is 10.5 Å². The van der Waals surface area contributed by atoms with Crippen molar-refractivity contribution in [3.63, 3.8) is 0 Å². The molecule has 0 bridgehead atoms. The predicted octanol–water partition coefficient (Wildman–Crippen LogP) is 3.81. The number of hydrogen-bond donors (Lipinski definition) is 1. The van der Waals surface area contributed by atoms with E-state index in [1.54, 1.807) is 24.3 Å².